The van der Waals surface area contributed by atoms with Crippen molar-refractivity contribution in [2.75, 3.05) is 0 Å². The average molecular weight is 356 g/mol. The first kappa shape index (κ1) is 17.5. The summed E-state index contributed by atoms with van der Waals surface area (Å²) in [6.45, 7) is 1.76. The molecule has 2 aromatic heterocycles. The SMILES string of the molecule is CC(NC(=O)c1ccc2c(=O)n(C)c(=O)n(C)c2n1)c1ccc(F)cc1. The second kappa shape index (κ2) is 6.55. The molecule has 0 saturated heterocycles. The van der Waals surface area contributed by atoms with Crippen LogP contribution in [-0.2, 0) is 14.1 Å². The fourth-order valence-electron chi connectivity index (χ4n) is 2.69. The topological polar surface area (TPSA) is 86.0 Å². The highest BCUT2D eigenvalue weighted by atomic mass is 19.1. The molecule has 3 aromatic rings. The van der Waals surface area contributed by atoms with Gasteiger partial charge in [-0.3, -0.25) is 18.7 Å². The number of pyridine rings is 1. The van der Waals surface area contributed by atoms with Gasteiger partial charge in [0, 0.05) is 14.1 Å². The Hall–Kier alpha value is -3.29. The van der Waals surface area contributed by atoms with Gasteiger partial charge in [0.2, 0.25) is 0 Å². The molecule has 0 radical (unpaired) electrons. The summed E-state index contributed by atoms with van der Waals surface area (Å²) in [5.74, 6) is -0.817. The van der Waals surface area contributed by atoms with E-state index < -0.39 is 17.2 Å². The molecule has 0 saturated carbocycles. The number of aromatic nitrogens is 3. The van der Waals surface area contributed by atoms with E-state index in [9.17, 15) is 18.8 Å². The monoisotopic (exact) mass is 356 g/mol. The fraction of sp³-hybridized carbons (Fsp3) is 0.222. The number of benzene rings is 1. The number of fused-ring (bicyclic) bond motifs is 1. The van der Waals surface area contributed by atoms with Crippen LogP contribution in [0.5, 0.6) is 0 Å². The number of carbonyl (C=O) groups is 1. The van der Waals surface area contributed by atoms with E-state index in [0.29, 0.717) is 0 Å². The lowest BCUT2D eigenvalue weighted by atomic mass is 10.1. The van der Waals surface area contributed by atoms with Crippen molar-refractivity contribution < 1.29 is 9.18 Å². The molecule has 0 spiro atoms. The number of rotatable bonds is 3. The maximum Gasteiger partial charge on any atom is 0.332 e. The van der Waals surface area contributed by atoms with Crippen LogP contribution in [0.3, 0.4) is 0 Å². The minimum Gasteiger partial charge on any atom is -0.344 e. The Kier molecular flexibility index (Phi) is 4.41. The van der Waals surface area contributed by atoms with E-state index in [1.54, 1.807) is 19.1 Å². The Labute approximate surface area is 147 Å². The molecule has 1 amide bonds. The minimum atomic E-state index is -0.521. The molecular weight excluding hydrogens is 339 g/mol. The summed E-state index contributed by atoms with van der Waals surface area (Å²) in [4.78, 5) is 40.8. The van der Waals surface area contributed by atoms with Gasteiger partial charge in [0.15, 0.2) is 0 Å². The average Bonchev–Trinajstić information content (AvgIpc) is 2.64. The Bertz CT molecular complexity index is 1120. The van der Waals surface area contributed by atoms with Crippen LogP contribution in [-0.4, -0.2) is 20.0 Å². The van der Waals surface area contributed by atoms with Gasteiger partial charge in [-0.25, -0.2) is 14.2 Å². The zero-order valence-corrected chi connectivity index (χ0v) is 14.5. The van der Waals surface area contributed by atoms with Gasteiger partial charge in [-0.05, 0) is 36.8 Å². The lowest BCUT2D eigenvalue weighted by Crippen LogP contribution is -2.37. The summed E-state index contributed by atoms with van der Waals surface area (Å²) < 4.78 is 15.2. The molecule has 134 valence electrons. The van der Waals surface area contributed by atoms with Gasteiger partial charge < -0.3 is 5.32 Å². The van der Waals surface area contributed by atoms with E-state index in [2.05, 4.69) is 10.3 Å². The largest absolute Gasteiger partial charge is 0.344 e. The lowest BCUT2D eigenvalue weighted by molar-refractivity contribution is 0.0935. The number of nitrogens with zero attached hydrogens (tertiary/aromatic N) is 3. The van der Waals surface area contributed by atoms with E-state index in [-0.39, 0.29) is 28.6 Å². The van der Waals surface area contributed by atoms with Crippen LogP contribution in [0.25, 0.3) is 11.0 Å². The van der Waals surface area contributed by atoms with Crippen molar-refractivity contribution in [3.05, 3.63) is 74.3 Å². The van der Waals surface area contributed by atoms with Crippen LogP contribution in [0.1, 0.15) is 29.0 Å². The maximum atomic E-state index is 13.0. The maximum absolute atomic E-state index is 13.0. The number of halogens is 1. The number of amides is 1. The van der Waals surface area contributed by atoms with Crippen molar-refractivity contribution in [2.24, 2.45) is 14.1 Å². The lowest BCUT2D eigenvalue weighted by Gasteiger charge is -2.14. The van der Waals surface area contributed by atoms with Crippen LogP contribution < -0.4 is 16.6 Å². The zero-order chi connectivity index (χ0) is 19.0. The third-order valence-electron chi connectivity index (χ3n) is 4.25. The van der Waals surface area contributed by atoms with Gasteiger partial charge >= 0.3 is 5.69 Å². The fourth-order valence-corrected chi connectivity index (χ4v) is 2.69. The van der Waals surface area contributed by atoms with Crippen molar-refractivity contribution in [1.82, 2.24) is 19.4 Å². The molecule has 0 bridgehead atoms. The van der Waals surface area contributed by atoms with Crippen molar-refractivity contribution >= 4 is 16.9 Å². The van der Waals surface area contributed by atoms with Gasteiger partial charge in [-0.2, -0.15) is 0 Å². The molecule has 7 nitrogen and oxygen atoms in total. The van der Waals surface area contributed by atoms with Crippen molar-refractivity contribution in [1.29, 1.82) is 0 Å². The van der Waals surface area contributed by atoms with Crippen LogP contribution in [0, 0.1) is 5.82 Å². The van der Waals surface area contributed by atoms with Gasteiger partial charge in [0.1, 0.15) is 17.2 Å². The summed E-state index contributed by atoms with van der Waals surface area (Å²) in [5.41, 5.74) is -0.0359. The molecule has 8 heteroatoms. The summed E-state index contributed by atoms with van der Waals surface area (Å²) in [6, 6.07) is 8.34. The summed E-state index contributed by atoms with van der Waals surface area (Å²) >= 11 is 0. The summed E-state index contributed by atoms with van der Waals surface area (Å²) in [6.07, 6.45) is 0. The highest BCUT2D eigenvalue weighted by Gasteiger charge is 2.16. The standard InChI is InChI=1S/C18H17FN4O3/c1-10(11-4-6-12(19)7-5-11)20-16(24)14-9-8-13-15(21-14)22(2)18(26)23(3)17(13)25/h4-10H,1-3H3,(H,20,24). The first-order valence-electron chi connectivity index (χ1n) is 7.92. The van der Waals surface area contributed by atoms with Crippen molar-refractivity contribution in [2.45, 2.75) is 13.0 Å². The first-order valence-corrected chi connectivity index (χ1v) is 7.92. The molecule has 1 atom stereocenters. The molecule has 0 aliphatic carbocycles. The Morgan fingerprint density at radius 2 is 1.73 bits per heavy atom. The first-order chi connectivity index (χ1) is 12.3. The smallest absolute Gasteiger partial charge is 0.332 e. The number of hydrogen-bond donors (Lipinski definition) is 1. The van der Waals surface area contributed by atoms with Gasteiger partial charge in [-0.1, -0.05) is 12.1 Å². The molecular formula is C18H17FN4O3. The Morgan fingerprint density at radius 1 is 1.08 bits per heavy atom. The number of hydrogen-bond acceptors (Lipinski definition) is 4. The van der Waals surface area contributed by atoms with E-state index in [1.165, 1.54) is 42.9 Å². The summed E-state index contributed by atoms with van der Waals surface area (Å²) in [7, 11) is 2.87. The number of aryl methyl sites for hydroxylation is 1. The molecule has 1 aromatic carbocycles. The number of nitrogens with one attached hydrogen (secondary N) is 1. The highest BCUT2D eigenvalue weighted by Crippen LogP contribution is 2.14. The predicted octanol–water partition coefficient (Wildman–Crippen LogP) is 1.26. The zero-order valence-electron chi connectivity index (χ0n) is 14.5. The number of carbonyl (C=O) groups excluding carboxylic acids is 1. The summed E-state index contributed by atoms with van der Waals surface area (Å²) in [5, 5.41) is 3.01. The Balaban J connectivity index is 1.95. The van der Waals surface area contributed by atoms with Crippen LogP contribution in [0.2, 0.25) is 0 Å². The second-order valence-corrected chi connectivity index (χ2v) is 6.02. The van der Waals surface area contributed by atoms with Gasteiger partial charge in [0.05, 0.1) is 11.4 Å². The van der Waals surface area contributed by atoms with Gasteiger partial charge in [0.25, 0.3) is 11.5 Å². The molecule has 0 fully saturated rings. The highest BCUT2D eigenvalue weighted by molar-refractivity contribution is 5.94. The minimum absolute atomic E-state index is 0.0784. The van der Waals surface area contributed by atoms with Crippen LogP contribution >= 0.6 is 0 Å². The molecule has 1 N–H and O–H groups in total. The molecule has 0 aliphatic heterocycles. The molecule has 1 unspecified atom stereocenters. The molecule has 2 heterocycles. The third-order valence-corrected chi connectivity index (χ3v) is 4.25. The van der Waals surface area contributed by atoms with E-state index >= 15 is 0 Å². The quantitative estimate of drug-likeness (QED) is 0.766. The normalized spacial score (nSPS) is 12.2. The third kappa shape index (κ3) is 3.01. The van der Waals surface area contributed by atoms with E-state index in [0.717, 1.165) is 10.1 Å². The van der Waals surface area contributed by atoms with Gasteiger partial charge in [-0.15, -0.1) is 0 Å². The molecule has 0 aliphatic rings. The van der Waals surface area contributed by atoms with Crippen LogP contribution in [0.4, 0.5) is 4.39 Å². The second-order valence-electron chi connectivity index (χ2n) is 6.02. The molecule has 26 heavy (non-hydrogen) atoms. The Morgan fingerprint density at radius 3 is 2.38 bits per heavy atom. The van der Waals surface area contributed by atoms with E-state index in [1.807, 2.05) is 0 Å². The van der Waals surface area contributed by atoms with E-state index in [4.69, 9.17) is 0 Å². The van der Waals surface area contributed by atoms with Crippen molar-refractivity contribution in [3.8, 4) is 0 Å². The van der Waals surface area contributed by atoms with Crippen LogP contribution in [0.15, 0.2) is 46.0 Å². The predicted molar refractivity (Wildman–Crippen MR) is 94.5 cm³/mol. The molecule has 3 rings (SSSR count). The van der Waals surface area contributed by atoms with Crippen molar-refractivity contribution in [3.63, 3.8) is 0 Å².